The van der Waals surface area contributed by atoms with Gasteiger partial charge in [0.2, 0.25) is 0 Å². The van der Waals surface area contributed by atoms with Gasteiger partial charge in [-0.25, -0.2) is 0 Å². The van der Waals surface area contributed by atoms with E-state index in [9.17, 15) is 4.79 Å². The van der Waals surface area contributed by atoms with E-state index in [1.54, 1.807) is 0 Å². The standard InChI is InChI=1S/C26H29N3O2/c30-25(22-9-8-20-5-1-2-6-21(20)17-22)28-18-24-10-11-26(31-24)12-15-29(16-13-26)19-23-7-3-4-14-27-23/h1-9,14,17,24H,10-13,15-16,18-19H2,(H,28,30). The maximum absolute atomic E-state index is 12.7. The van der Waals surface area contributed by atoms with E-state index in [0.29, 0.717) is 12.1 Å². The summed E-state index contributed by atoms with van der Waals surface area (Å²) in [5.41, 5.74) is 1.81. The lowest BCUT2D eigenvalue weighted by Gasteiger charge is -2.39. The number of nitrogens with one attached hydrogen (secondary N) is 1. The molecule has 1 aromatic heterocycles. The number of nitrogens with zero attached hydrogens (tertiary/aromatic N) is 2. The zero-order chi connectivity index (χ0) is 21.1. The number of ether oxygens (including phenoxy) is 1. The lowest BCUT2D eigenvalue weighted by Crippen LogP contribution is -2.45. The highest BCUT2D eigenvalue weighted by Crippen LogP contribution is 2.39. The van der Waals surface area contributed by atoms with Crippen LogP contribution in [0.1, 0.15) is 41.7 Å². The van der Waals surface area contributed by atoms with E-state index in [1.807, 2.05) is 54.7 Å². The van der Waals surface area contributed by atoms with Crippen LogP contribution < -0.4 is 5.32 Å². The molecular weight excluding hydrogens is 386 g/mol. The molecule has 2 fully saturated rings. The largest absolute Gasteiger partial charge is 0.370 e. The van der Waals surface area contributed by atoms with Crippen LogP contribution >= 0.6 is 0 Å². The van der Waals surface area contributed by atoms with Crippen LogP contribution in [0.2, 0.25) is 0 Å². The first-order chi connectivity index (χ1) is 15.2. The predicted octanol–water partition coefficient (Wildman–Crippen LogP) is 4.18. The van der Waals surface area contributed by atoms with Crippen molar-refractivity contribution in [3.05, 3.63) is 78.1 Å². The number of benzene rings is 2. The normalized spacial score (nSPS) is 20.8. The van der Waals surface area contributed by atoms with Gasteiger partial charge in [0.15, 0.2) is 0 Å². The molecule has 1 atom stereocenters. The average molecular weight is 416 g/mol. The Balaban J connectivity index is 1.11. The molecule has 0 radical (unpaired) electrons. The number of carbonyl (C=O) groups excluding carboxylic acids is 1. The monoisotopic (exact) mass is 415 g/mol. The van der Waals surface area contributed by atoms with Gasteiger partial charge in [0.1, 0.15) is 0 Å². The van der Waals surface area contributed by atoms with Crippen LogP contribution in [0.3, 0.4) is 0 Å². The SMILES string of the molecule is O=C(NCC1CCC2(CCN(Cc3ccccn3)CC2)O1)c1ccc2ccccc2c1. The molecule has 2 saturated heterocycles. The second-order valence-electron chi connectivity index (χ2n) is 8.83. The Bertz CT molecular complexity index is 1040. The molecule has 2 aliphatic heterocycles. The first kappa shape index (κ1) is 20.2. The van der Waals surface area contributed by atoms with Crippen LogP contribution in [0.15, 0.2) is 66.9 Å². The molecule has 2 aliphatic rings. The van der Waals surface area contributed by atoms with Gasteiger partial charge in [-0.3, -0.25) is 14.7 Å². The third-order valence-electron chi connectivity index (χ3n) is 6.72. The molecule has 31 heavy (non-hydrogen) atoms. The van der Waals surface area contributed by atoms with E-state index in [2.05, 4.69) is 27.3 Å². The van der Waals surface area contributed by atoms with Gasteiger partial charge >= 0.3 is 0 Å². The Morgan fingerprint density at radius 1 is 1.03 bits per heavy atom. The molecule has 5 rings (SSSR count). The molecule has 5 heteroatoms. The topological polar surface area (TPSA) is 54.5 Å². The molecule has 5 nitrogen and oxygen atoms in total. The second kappa shape index (κ2) is 8.77. The average Bonchev–Trinajstić information content (AvgIpc) is 3.22. The second-order valence-corrected chi connectivity index (χ2v) is 8.83. The van der Waals surface area contributed by atoms with Crippen molar-refractivity contribution in [3.8, 4) is 0 Å². The zero-order valence-electron chi connectivity index (χ0n) is 17.8. The predicted molar refractivity (Wildman–Crippen MR) is 122 cm³/mol. The minimum atomic E-state index is -0.0273. The number of pyridine rings is 1. The maximum atomic E-state index is 12.7. The van der Waals surface area contributed by atoms with Crippen LogP contribution in [-0.2, 0) is 11.3 Å². The summed E-state index contributed by atoms with van der Waals surface area (Å²) in [6.07, 6.45) is 6.16. The molecule has 1 N–H and O–H groups in total. The van der Waals surface area contributed by atoms with Crippen molar-refractivity contribution in [2.24, 2.45) is 0 Å². The first-order valence-corrected chi connectivity index (χ1v) is 11.3. The fourth-order valence-electron chi connectivity index (χ4n) is 4.89. The van der Waals surface area contributed by atoms with Gasteiger partial charge in [-0.1, -0.05) is 36.4 Å². The number of likely N-dealkylation sites (tertiary alicyclic amines) is 1. The molecule has 0 aliphatic carbocycles. The highest BCUT2D eigenvalue weighted by Gasteiger charge is 2.42. The smallest absolute Gasteiger partial charge is 0.251 e. The molecule has 3 aromatic rings. The number of piperidine rings is 1. The molecule has 1 spiro atoms. The van der Waals surface area contributed by atoms with Crippen LogP contribution in [0.5, 0.6) is 0 Å². The number of rotatable bonds is 5. The molecule has 1 amide bonds. The summed E-state index contributed by atoms with van der Waals surface area (Å²) in [5.74, 6) is -0.0273. The summed E-state index contributed by atoms with van der Waals surface area (Å²) in [6.45, 7) is 3.55. The van der Waals surface area contributed by atoms with Crippen molar-refractivity contribution in [3.63, 3.8) is 0 Å². The summed E-state index contributed by atoms with van der Waals surface area (Å²) in [7, 11) is 0. The summed E-state index contributed by atoms with van der Waals surface area (Å²) in [5, 5.41) is 5.32. The maximum Gasteiger partial charge on any atom is 0.251 e. The number of carbonyl (C=O) groups is 1. The fourth-order valence-corrected chi connectivity index (χ4v) is 4.89. The van der Waals surface area contributed by atoms with Crippen LogP contribution in [0.25, 0.3) is 10.8 Å². The Morgan fingerprint density at radius 2 is 1.84 bits per heavy atom. The molecule has 0 saturated carbocycles. The van der Waals surface area contributed by atoms with Gasteiger partial charge in [0.25, 0.3) is 5.91 Å². The van der Waals surface area contributed by atoms with E-state index in [1.165, 1.54) is 0 Å². The van der Waals surface area contributed by atoms with Gasteiger partial charge in [0, 0.05) is 37.9 Å². The molecule has 3 heterocycles. The van der Waals surface area contributed by atoms with Gasteiger partial charge in [-0.15, -0.1) is 0 Å². The number of aromatic nitrogens is 1. The summed E-state index contributed by atoms with van der Waals surface area (Å²) < 4.78 is 6.49. The van der Waals surface area contributed by atoms with E-state index in [-0.39, 0.29) is 17.6 Å². The number of hydrogen-bond donors (Lipinski definition) is 1. The van der Waals surface area contributed by atoms with Crippen molar-refractivity contribution in [1.82, 2.24) is 15.2 Å². The Hall–Kier alpha value is -2.76. The van der Waals surface area contributed by atoms with Crippen molar-refractivity contribution in [2.75, 3.05) is 19.6 Å². The van der Waals surface area contributed by atoms with Crippen molar-refractivity contribution in [1.29, 1.82) is 0 Å². The minimum Gasteiger partial charge on any atom is -0.370 e. The summed E-state index contributed by atoms with van der Waals surface area (Å²) in [6, 6.07) is 20.1. The van der Waals surface area contributed by atoms with Crippen LogP contribution in [0.4, 0.5) is 0 Å². The van der Waals surface area contributed by atoms with E-state index < -0.39 is 0 Å². The van der Waals surface area contributed by atoms with Gasteiger partial charge in [-0.2, -0.15) is 0 Å². The van der Waals surface area contributed by atoms with E-state index in [4.69, 9.17) is 4.74 Å². The highest BCUT2D eigenvalue weighted by atomic mass is 16.5. The lowest BCUT2D eigenvalue weighted by atomic mass is 9.88. The van der Waals surface area contributed by atoms with Crippen LogP contribution in [0, 0.1) is 0 Å². The van der Waals surface area contributed by atoms with Crippen molar-refractivity contribution in [2.45, 2.75) is 43.9 Å². The Kier molecular flexibility index (Phi) is 5.70. The van der Waals surface area contributed by atoms with Gasteiger partial charge in [-0.05, 0) is 60.7 Å². The minimum absolute atomic E-state index is 0.0149. The van der Waals surface area contributed by atoms with Crippen molar-refractivity contribution < 1.29 is 9.53 Å². The quantitative estimate of drug-likeness (QED) is 0.679. The lowest BCUT2D eigenvalue weighted by molar-refractivity contribution is -0.0765. The third kappa shape index (κ3) is 4.63. The third-order valence-corrected chi connectivity index (χ3v) is 6.72. The molecular formula is C26H29N3O2. The van der Waals surface area contributed by atoms with Crippen molar-refractivity contribution >= 4 is 16.7 Å². The highest BCUT2D eigenvalue weighted by molar-refractivity contribution is 5.98. The zero-order valence-corrected chi connectivity index (χ0v) is 17.8. The summed E-state index contributed by atoms with van der Waals surface area (Å²) in [4.78, 5) is 19.6. The first-order valence-electron chi connectivity index (χ1n) is 11.3. The Morgan fingerprint density at radius 3 is 2.65 bits per heavy atom. The van der Waals surface area contributed by atoms with Gasteiger partial charge < -0.3 is 10.1 Å². The van der Waals surface area contributed by atoms with Crippen LogP contribution in [-0.4, -0.2) is 47.1 Å². The molecule has 0 bridgehead atoms. The molecule has 1 unspecified atom stereocenters. The fraction of sp³-hybridized carbons (Fsp3) is 0.385. The number of fused-ring (bicyclic) bond motifs is 1. The number of amides is 1. The summed E-state index contributed by atoms with van der Waals surface area (Å²) >= 11 is 0. The van der Waals surface area contributed by atoms with Gasteiger partial charge in [0.05, 0.1) is 17.4 Å². The van der Waals surface area contributed by atoms with E-state index in [0.717, 1.165) is 61.8 Å². The molecule has 2 aromatic carbocycles. The number of hydrogen-bond acceptors (Lipinski definition) is 4. The van der Waals surface area contributed by atoms with E-state index >= 15 is 0 Å². The Labute approximate surface area is 183 Å². The molecule has 160 valence electrons.